The number of sulfone groups is 1. The summed E-state index contributed by atoms with van der Waals surface area (Å²) in [7, 11) is -1.47. The van der Waals surface area contributed by atoms with Gasteiger partial charge in [-0.25, -0.2) is 8.42 Å². The van der Waals surface area contributed by atoms with Crippen molar-refractivity contribution in [3.63, 3.8) is 0 Å². The Morgan fingerprint density at radius 1 is 1.41 bits per heavy atom. The molecule has 2 atom stereocenters. The Bertz CT molecular complexity index is 745. The van der Waals surface area contributed by atoms with Gasteiger partial charge in [-0.1, -0.05) is 17.8 Å². The summed E-state index contributed by atoms with van der Waals surface area (Å²) in [6.45, 7) is 1.39. The number of rotatable bonds is 2. The molecule has 0 radical (unpaired) electrons. The molecule has 1 aromatic rings. The van der Waals surface area contributed by atoms with Crippen LogP contribution in [0.5, 0.6) is 5.75 Å². The molecule has 0 unspecified atom stereocenters. The third kappa shape index (κ3) is 2.85. The summed E-state index contributed by atoms with van der Waals surface area (Å²) in [6.07, 6.45) is 0. The molecule has 22 heavy (non-hydrogen) atoms. The second-order valence-electron chi connectivity index (χ2n) is 5.29. The summed E-state index contributed by atoms with van der Waals surface area (Å²) in [5.41, 5.74) is 0.788. The Labute approximate surface area is 133 Å². The van der Waals surface area contributed by atoms with Gasteiger partial charge in [0.15, 0.2) is 15.0 Å². The minimum atomic E-state index is -3.05. The van der Waals surface area contributed by atoms with Crippen LogP contribution in [0.1, 0.15) is 6.92 Å². The van der Waals surface area contributed by atoms with Crippen molar-refractivity contribution in [3.05, 3.63) is 24.3 Å². The van der Waals surface area contributed by atoms with Gasteiger partial charge in [0, 0.05) is 23.9 Å². The predicted molar refractivity (Wildman–Crippen MR) is 87.4 cm³/mol. The molecule has 1 amide bonds. The maximum Gasteiger partial charge on any atom is 0.244 e. The van der Waals surface area contributed by atoms with Crippen LogP contribution in [0.25, 0.3) is 0 Å². The van der Waals surface area contributed by atoms with E-state index in [1.165, 1.54) is 18.7 Å². The highest BCUT2D eigenvalue weighted by atomic mass is 32.2. The Morgan fingerprint density at radius 3 is 2.86 bits per heavy atom. The van der Waals surface area contributed by atoms with Gasteiger partial charge in [0.05, 0.1) is 24.7 Å². The summed E-state index contributed by atoms with van der Waals surface area (Å²) in [5, 5.41) is 0.472. The lowest BCUT2D eigenvalue weighted by Crippen LogP contribution is -2.37. The molecule has 1 aromatic carbocycles. The van der Waals surface area contributed by atoms with Gasteiger partial charge < -0.3 is 9.64 Å². The van der Waals surface area contributed by atoms with Crippen LogP contribution >= 0.6 is 11.8 Å². The van der Waals surface area contributed by atoms with Crippen molar-refractivity contribution in [3.8, 4) is 5.75 Å². The third-order valence-corrected chi connectivity index (χ3v) is 6.86. The summed E-state index contributed by atoms with van der Waals surface area (Å²) in [5.74, 6) is 0.589. The lowest BCUT2D eigenvalue weighted by atomic mass is 10.2. The third-order valence-electron chi connectivity index (χ3n) is 3.65. The van der Waals surface area contributed by atoms with E-state index in [1.54, 1.807) is 7.11 Å². The fourth-order valence-electron chi connectivity index (χ4n) is 2.76. The summed E-state index contributed by atoms with van der Waals surface area (Å²) in [4.78, 5) is 17.3. The van der Waals surface area contributed by atoms with Gasteiger partial charge in [-0.05, 0) is 12.1 Å². The maximum atomic E-state index is 11.9. The average Bonchev–Trinajstić information content (AvgIpc) is 2.89. The van der Waals surface area contributed by atoms with Crippen molar-refractivity contribution in [1.29, 1.82) is 0 Å². The number of benzene rings is 1. The second-order valence-corrected chi connectivity index (χ2v) is 8.65. The topological polar surface area (TPSA) is 76.0 Å². The van der Waals surface area contributed by atoms with Crippen LogP contribution < -0.4 is 9.64 Å². The van der Waals surface area contributed by atoms with Crippen LogP contribution in [0.15, 0.2) is 29.3 Å². The highest BCUT2D eigenvalue weighted by molar-refractivity contribution is 8.16. The van der Waals surface area contributed by atoms with E-state index >= 15 is 0 Å². The number of ether oxygens (including phenoxy) is 1. The Morgan fingerprint density at radius 2 is 2.18 bits per heavy atom. The number of carbonyl (C=O) groups is 1. The van der Waals surface area contributed by atoms with Crippen LogP contribution in [0.4, 0.5) is 5.69 Å². The number of nitrogens with zero attached hydrogens (tertiary/aromatic N) is 2. The fourth-order valence-corrected chi connectivity index (χ4v) is 6.72. The van der Waals surface area contributed by atoms with Gasteiger partial charge in [0.1, 0.15) is 5.75 Å². The quantitative estimate of drug-likeness (QED) is 0.808. The second kappa shape index (κ2) is 5.58. The number of methoxy groups -OCH3 is 1. The van der Waals surface area contributed by atoms with Crippen LogP contribution in [-0.4, -0.2) is 49.4 Å². The number of aliphatic imine (C=N–C) groups is 1. The lowest BCUT2D eigenvalue weighted by molar-refractivity contribution is -0.115. The van der Waals surface area contributed by atoms with Gasteiger partial charge in [0.25, 0.3) is 0 Å². The molecule has 2 saturated heterocycles. The first-order chi connectivity index (χ1) is 10.4. The largest absolute Gasteiger partial charge is 0.497 e. The predicted octanol–water partition coefficient (Wildman–Crippen LogP) is 1.32. The zero-order valence-corrected chi connectivity index (χ0v) is 13.9. The summed E-state index contributed by atoms with van der Waals surface area (Å²) >= 11 is 1.36. The zero-order chi connectivity index (χ0) is 15.9. The number of hydrogen-bond donors (Lipinski definition) is 0. The molecule has 8 heteroatoms. The number of carbonyl (C=O) groups excluding carboxylic acids is 1. The molecule has 0 aromatic heterocycles. The van der Waals surface area contributed by atoms with Gasteiger partial charge in [-0.3, -0.25) is 4.79 Å². The molecule has 0 spiro atoms. The number of hydrogen-bond acceptors (Lipinski definition) is 5. The van der Waals surface area contributed by atoms with Gasteiger partial charge in [-0.2, -0.15) is 4.99 Å². The van der Waals surface area contributed by atoms with Crippen LogP contribution in [0, 0.1) is 0 Å². The highest BCUT2D eigenvalue weighted by Gasteiger charge is 2.49. The number of amidine groups is 1. The first-order valence-corrected chi connectivity index (χ1v) is 9.49. The first-order valence-electron chi connectivity index (χ1n) is 6.79. The van der Waals surface area contributed by atoms with Crippen molar-refractivity contribution in [2.45, 2.75) is 18.2 Å². The molecule has 118 valence electrons. The van der Waals surface area contributed by atoms with Gasteiger partial charge in [0.2, 0.25) is 5.91 Å². The number of fused-ring (bicyclic) bond motifs is 1. The Kier molecular flexibility index (Phi) is 3.90. The average molecular weight is 340 g/mol. The van der Waals surface area contributed by atoms with Crippen molar-refractivity contribution in [2.24, 2.45) is 4.99 Å². The van der Waals surface area contributed by atoms with E-state index in [1.807, 2.05) is 29.2 Å². The zero-order valence-electron chi connectivity index (χ0n) is 12.2. The van der Waals surface area contributed by atoms with Gasteiger partial charge in [-0.15, -0.1) is 0 Å². The SMILES string of the molecule is COc1cccc(N2C(=NC(C)=O)S[C@@H]3CS(=O)(=O)C[C@@H]32)c1. The van der Waals surface area contributed by atoms with E-state index in [0.717, 1.165) is 5.69 Å². The van der Waals surface area contributed by atoms with Crippen molar-refractivity contribution >= 4 is 38.4 Å². The monoisotopic (exact) mass is 340 g/mol. The van der Waals surface area contributed by atoms with Crippen molar-refractivity contribution < 1.29 is 17.9 Å². The normalized spacial score (nSPS) is 27.9. The molecule has 0 N–H and O–H groups in total. The van der Waals surface area contributed by atoms with E-state index in [4.69, 9.17) is 4.74 Å². The molecule has 2 heterocycles. The number of amides is 1. The molecular weight excluding hydrogens is 324 g/mol. The fraction of sp³-hybridized carbons (Fsp3) is 0.429. The van der Waals surface area contributed by atoms with Gasteiger partial charge >= 0.3 is 0 Å². The smallest absolute Gasteiger partial charge is 0.244 e. The van der Waals surface area contributed by atoms with Crippen LogP contribution in [0.2, 0.25) is 0 Å². The molecule has 2 aliphatic heterocycles. The van der Waals surface area contributed by atoms with Crippen molar-refractivity contribution in [1.82, 2.24) is 0 Å². The number of thioether (sulfide) groups is 1. The minimum absolute atomic E-state index is 0.0821. The molecule has 6 nitrogen and oxygen atoms in total. The molecular formula is C14H16N2O4S2. The van der Waals surface area contributed by atoms with Crippen LogP contribution in [0.3, 0.4) is 0 Å². The minimum Gasteiger partial charge on any atom is -0.497 e. The molecule has 2 fully saturated rings. The van der Waals surface area contributed by atoms with E-state index in [-0.39, 0.29) is 28.7 Å². The molecule has 0 saturated carbocycles. The Balaban J connectivity index is 2.04. The first kappa shape index (κ1) is 15.4. The summed E-state index contributed by atoms with van der Waals surface area (Å²) in [6, 6.07) is 7.15. The lowest BCUT2D eigenvalue weighted by Gasteiger charge is -2.24. The van der Waals surface area contributed by atoms with E-state index in [2.05, 4.69) is 4.99 Å². The van der Waals surface area contributed by atoms with E-state index in [0.29, 0.717) is 10.9 Å². The molecule has 0 aliphatic carbocycles. The molecule has 3 rings (SSSR count). The molecule has 0 bridgehead atoms. The van der Waals surface area contributed by atoms with Crippen molar-refractivity contribution in [2.75, 3.05) is 23.5 Å². The maximum absolute atomic E-state index is 11.9. The van der Waals surface area contributed by atoms with Crippen LogP contribution in [-0.2, 0) is 14.6 Å². The van der Waals surface area contributed by atoms with E-state index in [9.17, 15) is 13.2 Å². The standard InChI is InChI=1S/C14H16N2O4S2/c1-9(17)15-14-16(10-4-3-5-11(6-10)20-2)12-7-22(18,19)8-13(12)21-14/h3-6,12-13H,7-8H2,1-2H3/t12-,13+/m0/s1. The summed E-state index contributed by atoms with van der Waals surface area (Å²) < 4.78 is 29.0. The number of anilines is 1. The Hall–Kier alpha value is -1.54. The molecule has 2 aliphatic rings. The highest BCUT2D eigenvalue weighted by Crippen LogP contribution is 2.41. The van der Waals surface area contributed by atoms with E-state index < -0.39 is 9.84 Å².